The average Bonchev–Trinajstić information content (AvgIpc) is 1.93. The quantitative estimate of drug-likeness (QED) is 0.356. The number of hydrogen-bond donors (Lipinski definition) is 0. The van der Waals surface area contributed by atoms with E-state index in [0.717, 1.165) is 5.30 Å². The molecule has 0 saturated heterocycles. The summed E-state index contributed by atoms with van der Waals surface area (Å²) in [6.07, 6.45) is 0. The molecule has 0 aromatic heterocycles. The van der Waals surface area contributed by atoms with Gasteiger partial charge in [0.1, 0.15) is 5.75 Å². The molecule has 1 atom stereocenters. The second-order valence-electron chi connectivity index (χ2n) is 2.16. The van der Waals surface area contributed by atoms with Crippen LogP contribution in [0.3, 0.4) is 0 Å². The molecular weight excluding hydrogens is 159 g/mol. The molecule has 0 aliphatic carbocycles. The highest BCUT2D eigenvalue weighted by molar-refractivity contribution is 7.27. The summed E-state index contributed by atoms with van der Waals surface area (Å²) in [5.74, 6) is 0.296. The van der Waals surface area contributed by atoms with Gasteiger partial charge in [-0.3, -0.25) is 4.79 Å². The van der Waals surface area contributed by atoms with Crippen LogP contribution in [0.15, 0.2) is 24.3 Å². The Labute approximate surface area is 67.8 Å². The molecule has 58 valence electrons. The first-order valence-electron chi connectivity index (χ1n) is 3.22. The van der Waals surface area contributed by atoms with E-state index in [2.05, 4.69) is 9.24 Å². The van der Waals surface area contributed by atoms with Gasteiger partial charge >= 0.3 is 5.97 Å². The maximum absolute atomic E-state index is 10.5. The van der Waals surface area contributed by atoms with E-state index in [0.29, 0.717) is 5.75 Å². The van der Waals surface area contributed by atoms with E-state index in [1.165, 1.54) is 6.92 Å². The molecule has 0 N–H and O–H groups in total. The summed E-state index contributed by atoms with van der Waals surface area (Å²) in [6, 6.07) is 7.24. The number of hydrogen-bond acceptors (Lipinski definition) is 2. The standard InChI is InChI=1S/C8H9O2P/c1-6(9)10-7-2-4-8(11)5-3-7/h2-5H,11H2,1H3. The van der Waals surface area contributed by atoms with Crippen molar-refractivity contribution in [1.82, 2.24) is 0 Å². The maximum Gasteiger partial charge on any atom is 0.308 e. The van der Waals surface area contributed by atoms with Crippen LogP contribution in [0.25, 0.3) is 0 Å². The van der Waals surface area contributed by atoms with Gasteiger partial charge in [-0.25, -0.2) is 0 Å². The number of ether oxygens (including phenoxy) is 1. The smallest absolute Gasteiger partial charge is 0.308 e. The van der Waals surface area contributed by atoms with Gasteiger partial charge < -0.3 is 4.74 Å². The van der Waals surface area contributed by atoms with Gasteiger partial charge in [0, 0.05) is 6.92 Å². The van der Waals surface area contributed by atoms with Crippen LogP contribution in [0.2, 0.25) is 0 Å². The minimum atomic E-state index is -0.290. The van der Waals surface area contributed by atoms with Gasteiger partial charge in [-0.05, 0) is 17.4 Å². The third-order valence-electron chi connectivity index (χ3n) is 1.14. The monoisotopic (exact) mass is 168 g/mol. The molecule has 2 nitrogen and oxygen atoms in total. The van der Waals surface area contributed by atoms with E-state index >= 15 is 0 Å². The van der Waals surface area contributed by atoms with Gasteiger partial charge in [0.2, 0.25) is 0 Å². The molecule has 0 aliphatic rings. The van der Waals surface area contributed by atoms with E-state index in [1.54, 1.807) is 12.1 Å². The first-order chi connectivity index (χ1) is 5.18. The zero-order valence-electron chi connectivity index (χ0n) is 6.20. The minimum Gasteiger partial charge on any atom is -0.427 e. The molecule has 0 radical (unpaired) electrons. The van der Waals surface area contributed by atoms with Crippen LogP contribution in [0.1, 0.15) is 6.92 Å². The predicted octanol–water partition coefficient (Wildman–Crippen LogP) is 1.11. The summed E-state index contributed by atoms with van der Waals surface area (Å²) in [5.41, 5.74) is 0. The van der Waals surface area contributed by atoms with Crippen molar-refractivity contribution in [1.29, 1.82) is 0 Å². The molecule has 3 heteroatoms. The number of rotatable bonds is 1. The maximum atomic E-state index is 10.5. The second kappa shape index (κ2) is 3.49. The summed E-state index contributed by atoms with van der Waals surface area (Å²) >= 11 is 0. The van der Waals surface area contributed by atoms with Crippen LogP contribution in [0, 0.1) is 0 Å². The van der Waals surface area contributed by atoms with Crippen molar-refractivity contribution in [2.75, 3.05) is 0 Å². The number of benzene rings is 1. The number of carbonyl (C=O) groups is 1. The molecule has 11 heavy (non-hydrogen) atoms. The lowest BCUT2D eigenvalue weighted by Gasteiger charge is -1.99. The highest BCUT2D eigenvalue weighted by atomic mass is 31.0. The van der Waals surface area contributed by atoms with Gasteiger partial charge in [-0.15, -0.1) is 9.24 Å². The average molecular weight is 168 g/mol. The molecule has 1 aromatic rings. The largest absolute Gasteiger partial charge is 0.427 e. The van der Waals surface area contributed by atoms with Crippen LogP contribution < -0.4 is 10.0 Å². The summed E-state index contributed by atoms with van der Waals surface area (Å²) in [5, 5.41) is 1.07. The molecule has 0 spiro atoms. The lowest BCUT2D eigenvalue weighted by molar-refractivity contribution is -0.131. The molecule has 1 unspecified atom stereocenters. The molecule has 1 aromatic carbocycles. The number of carbonyl (C=O) groups excluding carboxylic acids is 1. The zero-order chi connectivity index (χ0) is 8.27. The molecule has 1 rings (SSSR count). The first kappa shape index (κ1) is 8.22. The highest BCUT2D eigenvalue weighted by Gasteiger charge is 1.94. The Hall–Kier alpha value is -0.880. The fraction of sp³-hybridized carbons (Fsp3) is 0.125. The fourth-order valence-corrected chi connectivity index (χ4v) is 0.894. The Kier molecular flexibility index (Phi) is 2.61. The zero-order valence-corrected chi connectivity index (χ0v) is 7.36. The van der Waals surface area contributed by atoms with Crippen LogP contribution in [0.5, 0.6) is 5.75 Å². The highest BCUT2D eigenvalue weighted by Crippen LogP contribution is 2.08. The Morgan fingerprint density at radius 2 is 1.91 bits per heavy atom. The topological polar surface area (TPSA) is 26.3 Å². The predicted molar refractivity (Wildman–Crippen MR) is 47.1 cm³/mol. The summed E-state index contributed by atoms with van der Waals surface area (Å²) in [6.45, 7) is 1.38. The van der Waals surface area contributed by atoms with Crippen molar-refractivity contribution < 1.29 is 9.53 Å². The van der Waals surface area contributed by atoms with Crippen LogP contribution >= 0.6 is 9.24 Å². The normalized spacial score (nSPS) is 9.27. The molecular formula is C8H9O2P. The van der Waals surface area contributed by atoms with Crippen LogP contribution in [-0.2, 0) is 4.79 Å². The van der Waals surface area contributed by atoms with Gasteiger partial charge in [0.25, 0.3) is 0 Å². The Bertz CT molecular complexity index is 253. The van der Waals surface area contributed by atoms with Gasteiger partial charge in [-0.2, -0.15) is 0 Å². The Morgan fingerprint density at radius 1 is 1.36 bits per heavy atom. The third kappa shape index (κ3) is 2.69. The minimum absolute atomic E-state index is 0.290. The molecule has 0 fully saturated rings. The molecule has 0 bridgehead atoms. The van der Waals surface area contributed by atoms with Crippen molar-refractivity contribution >= 4 is 20.5 Å². The number of esters is 1. The van der Waals surface area contributed by atoms with E-state index in [4.69, 9.17) is 4.74 Å². The molecule has 0 aliphatic heterocycles. The molecule has 0 heterocycles. The van der Waals surface area contributed by atoms with Gasteiger partial charge in [-0.1, -0.05) is 12.1 Å². The van der Waals surface area contributed by atoms with Crippen molar-refractivity contribution in [2.24, 2.45) is 0 Å². The summed E-state index contributed by atoms with van der Waals surface area (Å²) < 4.78 is 4.82. The van der Waals surface area contributed by atoms with Crippen molar-refractivity contribution in [3.8, 4) is 5.75 Å². The summed E-state index contributed by atoms with van der Waals surface area (Å²) in [7, 11) is 2.56. The van der Waals surface area contributed by atoms with Crippen LogP contribution in [-0.4, -0.2) is 5.97 Å². The van der Waals surface area contributed by atoms with E-state index in [1.807, 2.05) is 12.1 Å². The van der Waals surface area contributed by atoms with Crippen molar-refractivity contribution in [3.05, 3.63) is 24.3 Å². The van der Waals surface area contributed by atoms with Crippen molar-refractivity contribution in [3.63, 3.8) is 0 Å². The van der Waals surface area contributed by atoms with Gasteiger partial charge in [0.15, 0.2) is 0 Å². The van der Waals surface area contributed by atoms with Crippen LogP contribution in [0.4, 0.5) is 0 Å². The van der Waals surface area contributed by atoms with Gasteiger partial charge in [0.05, 0.1) is 0 Å². The second-order valence-corrected chi connectivity index (χ2v) is 2.83. The lowest BCUT2D eigenvalue weighted by Crippen LogP contribution is -2.01. The molecule has 0 saturated carbocycles. The lowest BCUT2D eigenvalue weighted by atomic mass is 10.3. The third-order valence-corrected chi connectivity index (χ3v) is 1.53. The SMILES string of the molecule is CC(=O)Oc1ccc(P)cc1. The fourth-order valence-electron chi connectivity index (χ4n) is 0.702. The Morgan fingerprint density at radius 3 is 2.36 bits per heavy atom. The molecule has 0 amide bonds. The van der Waals surface area contributed by atoms with Crippen molar-refractivity contribution in [2.45, 2.75) is 6.92 Å². The van der Waals surface area contributed by atoms with E-state index in [9.17, 15) is 4.79 Å². The van der Waals surface area contributed by atoms with E-state index < -0.39 is 0 Å². The Balaban J connectivity index is 2.74. The van der Waals surface area contributed by atoms with E-state index in [-0.39, 0.29) is 5.97 Å². The first-order valence-corrected chi connectivity index (χ1v) is 3.80. The summed E-state index contributed by atoms with van der Waals surface area (Å²) in [4.78, 5) is 10.5.